The van der Waals surface area contributed by atoms with Crippen molar-refractivity contribution in [3.8, 4) is 0 Å². The van der Waals surface area contributed by atoms with Crippen LogP contribution >= 0.6 is 0 Å². The van der Waals surface area contributed by atoms with Crippen LogP contribution in [-0.2, 0) is 33.6 Å². The number of hydrogen-bond donors (Lipinski definition) is 0. The third-order valence-electron chi connectivity index (χ3n) is 4.64. The van der Waals surface area contributed by atoms with E-state index in [0.717, 1.165) is 0 Å². The molecule has 0 unspecified atom stereocenters. The second-order valence-corrected chi connectivity index (χ2v) is 5.92. The first-order valence-electron chi connectivity index (χ1n) is 7.28. The van der Waals surface area contributed by atoms with Crippen molar-refractivity contribution in [3.05, 3.63) is 0 Å². The van der Waals surface area contributed by atoms with Gasteiger partial charge in [-0.3, -0.25) is 9.59 Å². The van der Waals surface area contributed by atoms with Crippen molar-refractivity contribution in [2.24, 2.45) is 11.8 Å². The molecule has 0 radical (unpaired) electrons. The van der Waals surface area contributed by atoms with Gasteiger partial charge >= 0.3 is 5.97 Å². The van der Waals surface area contributed by atoms with Gasteiger partial charge in [-0.05, 0) is 12.8 Å². The quantitative estimate of drug-likeness (QED) is 0.434. The molecule has 0 aliphatic carbocycles. The van der Waals surface area contributed by atoms with E-state index in [1.807, 2.05) is 13.8 Å². The van der Waals surface area contributed by atoms with E-state index in [9.17, 15) is 9.59 Å². The molecule has 0 aromatic heterocycles. The van der Waals surface area contributed by atoms with Crippen LogP contribution in [0.5, 0.6) is 0 Å². The van der Waals surface area contributed by atoms with E-state index in [1.165, 1.54) is 6.92 Å². The van der Waals surface area contributed by atoms with E-state index in [0.29, 0.717) is 12.8 Å². The molecule has 3 rings (SSSR count). The van der Waals surface area contributed by atoms with Crippen molar-refractivity contribution in [1.82, 2.24) is 0 Å². The van der Waals surface area contributed by atoms with Crippen LogP contribution in [0.2, 0.25) is 0 Å². The summed E-state index contributed by atoms with van der Waals surface area (Å²) in [6.45, 7) is 5.28. The Morgan fingerprint density at radius 1 is 1.33 bits per heavy atom. The Labute approximate surface area is 122 Å². The zero-order valence-electron chi connectivity index (χ0n) is 12.4. The van der Waals surface area contributed by atoms with E-state index < -0.39 is 24.3 Å². The van der Waals surface area contributed by atoms with Crippen LogP contribution in [0.25, 0.3) is 0 Å². The Morgan fingerprint density at radius 2 is 2.10 bits per heavy atom. The molecule has 21 heavy (non-hydrogen) atoms. The normalized spacial score (nSPS) is 44.7. The van der Waals surface area contributed by atoms with E-state index in [-0.39, 0.29) is 30.2 Å². The van der Waals surface area contributed by atoms with Gasteiger partial charge in [-0.1, -0.05) is 13.8 Å². The van der Waals surface area contributed by atoms with Crippen molar-refractivity contribution in [1.29, 1.82) is 0 Å². The maximum Gasteiger partial charge on any atom is 0.302 e. The average molecular weight is 300 g/mol. The lowest BCUT2D eigenvalue weighted by Crippen LogP contribution is -2.66. The van der Waals surface area contributed by atoms with Crippen LogP contribution in [0.15, 0.2) is 0 Å². The summed E-state index contributed by atoms with van der Waals surface area (Å²) in [7, 11) is 0. The second kappa shape index (κ2) is 5.31. The largest absolute Gasteiger partial charge is 0.466 e. The standard InChI is InChI=1S/C14H20O7/c1-7-10(16)8(2)14(5-4-6-17-9(3)15)13-18-12(20-21-13)11(7)19-14/h7-8,11-13H,4-6H2,1-3H3/t7-,8+,11-,12-,13+,14-/m1/s1. The van der Waals surface area contributed by atoms with Crippen LogP contribution in [-0.4, -0.2) is 42.6 Å². The molecule has 3 aliphatic heterocycles. The fraction of sp³-hybridized carbons (Fsp3) is 0.857. The molecule has 7 nitrogen and oxygen atoms in total. The highest BCUT2D eigenvalue weighted by Crippen LogP contribution is 2.49. The predicted octanol–water partition coefficient (Wildman–Crippen LogP) is 0.953. The minimum Gasteiger partial charge on any atom is -0.466 e. The molecule has 3 heterocycles. The van der Waals surface area contributed by atoms with E-state index in [4.69, 9.17) is 24.0 Å². The number of Topliss-reactive ketones (excluding diaryl/α,β-unsaturated/α-hetero) is 1. The molecule has 118 valence electrons. The number of esters is 1. The third-order valence-corrected chi connectivity index (χ3v) is 4.64. The van der Waals surface area contributed by atoms with E-state index >= 15 is 0 Å². The van der Waals surface area contributed by atoms with Crippen LogP contribution in [0, 0.1) is 11.8 Å². The number of ketones is 1. The molecular weight excluding hydrogens is 280 g/mol. The molecule has 0 aromatic carbocycles. The van der Waals surface area contributed by atoms with E-state index in [2.05, 4.69) is 0 Å². The van der Waals surface area contributed by atoms with Gasteiger partial charge in [0.1, 0.15) is 17.5 Å². The van der Waals surface area contributed by atoms with Crippen LogP contribution in [0.1, 0.15) is 33.6 Å². The lowest BCUT2D eigenvalue weighted by atomic mass is 9.72. The summed E-state index contributed by atoms with van der Waals surface area (Å²) in [6.07, 6.45) is -0.768. The van der Waals surface area contributed by atoms with Crippen molar-refractivity contribution in [2.75, 3.05) is 6.61 Å². The number of hydrogen-bond acceptors (Lipinski definition) is 7. The van der Waals surface area contributed by atoms with Crippen molar-refractivity contribution >= 4 is 11.8 Å². The lowest BCUT2D eigenvalue weighted by Gasteiger charge is -2.51. The van der Waals surface area contributed by atoms with Crippen molar-refractivity contribution in [2.45, 2.75) is 57.9 Å². The fourth-order valence-electron chi connectivity index (χ4n) is 3.36. The monoisotopic (exact) mass is 300 g/mol. The number of rotatable bonds is 4. The molecule has 3 saturated heterocycles. The Bertz CT molecular complexity index is 451. The minimum absolute atomic E-state index is 0.131. The Kier molecular flexibility index (Phi) is 3.77. The van der Waals surface area contributed by atoms with Gasteiger partial charge < -0.3 is 14.2 Å². The zero-order valence-corrected chi connectivity index (χ0v) is 12.4. The average Bonchev–Trinajstić information content (AvgIpc) is 2.89. The highest BCUT2D eigenvalue weighted by molar-refractivity contribution is 5.85. The highest BCUT2D eigenvalue weighted by Gasteiger charge is 2.65. The Morgan fingerprint density at radius 3 is 2.81 bits per heavy atom. The zero-order chi connectivity index (χ0) is 15.2. The van der Waals surface area contributed by atoms with Gasteiger partial charge in [0.15, 0.2) is 0 Å². The molecule has 7 heteroatoms. The minimum atomic E-state index is -0.874. The van der Waals surface area contributed by atoms with E-state index in [1.54, 1.807) is 0 Å². The molecule has 0 aromatic rings. The number of ether oxygens (including phenoxy) is 3. The van der Waals surface area contributed by atoms with Crippen LogP contribution < -0.4 is 0 Å². The highest BCUT2D eigenvalue weighted by atomic mass is 17.3. The summed E-state index contributed by atoms with van der Waals surface area (Å²) in [4.78, 5) is 33.7. The molecule has 0 spiro atoms. The number of carbonyl (C=O) groups excluding carboxylic acids is 2. The fourth-order valence-corrected chi connectivity index (χ4v) is 3.36. The van der Waals surface area contributed by atoms with Gasteiger partial charge in [-0.2, -0.15) is 9.78 Å². The Hall–Kier alpha value is -1.02. The first kappa shape index (κ1) is 14.9. The van der Waals surface area contributed by atoms with Gasteiger partial charge in [-0.25, -0.2) is 0 Å². The van der Waals surface area contributed by atoms with Gasteiger partial charge in [0.05, 0.1) is 6.61 Å². The van der Waals surface area contributed by atoms with Gasteiger partial charge in [-0.15, -0.1) is 0 Å². The smallest absolute Gasteiger partial charge is 0.302 e. The molecular formula is C14H20O7. The first-order chi connectivity index (χ1) is 9.95. The molecule has 4 bridgehead atoms. The number of fused-ring (bicyclic) bond motifs is 6. The summed E-state index contributed by atoms with van der Waals surface area (Å²) in [5.74, 6) is -0.859. The SMILES string of the molecule is CC(=O)OCCC[C@]12O[C@@H]([C@H]3OO[C@@H]1O3)[C@H](C)C(=O)[C@@H]2C. The lowest BCUT2D eigenvalue weighted by molar-refractivity contribution is -0.319. The summed E-state index contributed by atoms with van der Waals surface area (Å²) < 4.78 is 16.8. The summed E-state index contributed by atoms with van der Waals surface area (Å²) >= 11 is 0. The topological polar surface area (TPSA) is 80.3 Å². The third kappa shape index (κ3) is 2.28. The van der Waals surface area contributed by atoms with Gasteiger partial charge in [0.25, 0.3) is 0 Å². The summed E-state index contributed by atoms with van der Waals surface area (Å²) in [5.41, 5.74) is -0.874. The summed E-state index contributed by atoms with van der Waals surface area (Å²) in [6, 6.07) is 0. The molecule has 0 N–H and O–H groups in total. The predicted molar refractivity (Wildman–Crippen MR) is 67.6 cm³/mol. The van der Waals surface area contributed by atoms with Crippen LogP contribution in [0.3, 0.4) is 0 Å². The summed E-state index contributed by atoms with van der Waals surface area (Å²) in [5, 5.41) is 0. The Balaban J connectivity index is 1.77. The second-order valence-electron chi connectivity index (χ2n) is 5.92. The molecule has 3 aliphatic rings. The molecule has 0 saturated carbocycles. The molecule has 0 amide bonds. The maximum absolute atomic E-state index is 12.5. The van der Waals surface area contributed by atoms with Crippen LogP contribution in [0.4, 0.5) is 0 Å². The first-order valence-corrected chi connectivity index (χ1v) is 7.28. The molecule has 3 fully saturated rings. The van der Waals surface area contributed by atoms with Gasteiger partial charge in [0.2, 0.25) is 12.6 Å². The van der Waals surface area contributed by atoms with Crippen molar-refractivity contribution < 1.29 is 33.6 Å². The van der Waals surface area contributed by atoms with Gasteiger partial charge in [0, 0.05) is 18.8 Å². The maximum atomic E-state index is 12.5. The van der Waals surface area contributed by atoms with Crippen molar-refractivity contribution in [3.63, 3.8) is 0 Å². The molecule has 6 atom stereocenters. The number of carbonyl (C=O) groups is 2.